The highest BCUT2D eigenvalue weighted by atomic mass is 16.3. The zero-order chi connectivity index (χ0) is 7.82. The molecule has 0 aliphatic carbocycles. The van der Waals surface area contributed by atoms with Crippen molar-refractivity contribution < 1.29 is 5.11 Å². The second-order valence-corrected chi connectivity index (χ2v) is 2.39. The van der Waals surface area contributed by atoms with Crippen LogP contribution in [0.1, 0.15) is 13.8 Å². The molecule has 0 spiro atoms. The van der Waals surface area contributed by atoms with Gasteiger partial charge in [-0.3, -0.25) is 0 Å². The molecule has 0 aromatic heterocycles. The smallest absolute Gasteiger partial charge is 0.0581 e. The lowest BCUT2D eigenvalue weighted by Gasteiger charge is -2.09. The zero-order valence-electron chi connectivity index (χ0n) is 6.85. The van der Waals surface area contributed by atoms with Crippen molar-refractivity contribution in [3.63, 3.8) is 0 Å². The summed E-state index contributed by atoms with van der Waals surface area (Å²) in [6.07, 6.45) is 0. The average molecular weight is 146 g/mol. The normalized spacial score (nSPS) is 13.5. The lowest BCUT2D eigenvalue weighted by molar-refractivity contribution is 0.252. The van der Waals surface area contributed by atoms with E-state index in [1.54, 1.807) is 0 Å². The Morgan fingerprint density at radius 2 is 2.10 bits per heavy atom. The molecule has 0 bridgehead atoms. The maximum absolute atomic E-state index is 8.61. The van der Waals surface area contributed by atoms with Gasteiger partial charge in [-0.25, -0.2) is 0 Å². The van der Waals surface area contributed by atoms with E-state index < -0.39 is 0 Å². The summed E-state index contributed by atoms with van der Waals surface area (Å²) in [5, 5.41) is 14.9. The van der Waals surface area contributed by atoms with Gasteiger partial charge in [-0.2, -0.15) is 0 Å². The fourth-order valence-corrected chi connectivity index (χ4v) is 0.648. The maximum atomic E-state index is 8.61. The number of aliphatic hydroxyl groups is 1. The van der Waals surface area contributed by atoms with Crippen molar-refractivity contribution in [1.82, 2.24) is 10.6 Å². The van der Waals surface area contributed by atoms with Crippen molar-refractivity contribution >= 4 is 0 Å². The molecule has 0 aromatic rings. The SMILES string of the molecule is CCNCCNC(C)CO. The third-order valence-corrected chi connectivity index (χ3v) is 1.32. The Hall–Kier alpha value is -0.120. The van der Waals surface area contributed by atoms with Crippen LogP contribution >= 0.6 is 0 Å². The summed E-state index contributed by atoms with van der Waals surface area (Å²) in [4.78, 5) is 0. The van der Waals surface area contributed by atoms with Gasteiger partial charge in [0.1, 0.15) is 0 Å². The second-order valence-electron chi connectivity index (χ2n) is 2.39. The van der Waals surface area contributed by atoms with E-state index in [4.69, 9.17) is 5.11 Å². The van der Waals surface area contributed by atoms with Crippen LogP contribution in [0.2, 0.25) is 0 Å². The topological polar surface area (TPSA) is 44.3 Å². The van der Waals surface area contributed by atoms with Crippen LogP contribution in [-0.2, 0) is 0 Å². The lowest BCUT2D eigenvalue weighted by atomic mass is 10.3. The van der Waals surface area contributed by atoms with Crippen molar-refractivity contribution in [3.05, 3.63) is 0 Å². The standard InChI is InChI=1S/C7H18N2O/c1-3-8-4-5-9-7(2)6-10/h7-10H,3-6H2,1-2H3. The van der Waals surface area contributed by atoms with E-state index in [0.29, 0.717) is 0 Å². The lowest BCUT2D eigenvalue weighted by Crippen LogP contribution is -2.35. The van der Waals surface area contributed by atoms with Gasteiger partial charge in [-0.15, -0.1) is 0 Å². The molecule has 1 atom stereocenters. The molecule has 62 valence electrons. The van der Waals surface area contributed by atoms with Gasteiger partial charge in [0.15, 0.2) is 0 Å². The van der Waals surface area contributed by atoms with Gasteiger partial charge in [-0.1, -0.05) is 6.92 Å². The quantitative estimate of drug-likeness (QED) is 0.445. The second kappa shape index (κ2) is 6.99. The van der Waals surface area contributed by atoms with Gasteiger partial charge in [0.25, 0.3) is 0 Å². The Kier molecular flexibility index (Phi) is 6.91. The van der Waals surface area contributed by atoms with Gasteiger partial charge in [0.2, 0.25) is 0 Å². The first-order chi connectivity index (χ1) is 4.81. The predicted molar refractivity (Wildman–Crippen MR) is 43.1 cm³/mol. The van der Waals surface area contributed by atoms with Crippen molar-refractivity contribution in [2.45, 2.75) is 19.9 Å². The molecule has 0 aliphatic rings. The fourth-order valence-electron chi connectivity index (χ4n) is 0.648. The van der Waals surface area contributed by atoms with Crippen LogP contribution in [0.5, 0.6) is 0 Å². The highest BCUT2D eigenvalue weighted by Gasteiger charge is 1.94. The highest BCUT2D eigenvalue weighted by Crippen LogP contribution is 1.74. The monoisotopic (exact) mass is 146 g/mol. The van der Waals surface area contributed by atoms with E-state index in [-0.39, 0.29) is 12.6 Å². The van der Waals surface area contributed by atoms with Crippen molar-refractivity contribution in [2.75, 3.05) is 26.2 Å². The Bertz CT molecular complexity index is 68.6. The zero-order valence-corrected chi connectivity index (χ0v) is 6.85. The van der Waals surface area contributed by atoms with E-state index in [1.165, 1.54) is 0 Å². The molecule has 3 heteroatoms. The number of aliphatic hydroxyl groups excluding tert-OH is 1. The molecule has 0 radical (unpaired) electrons. The molecule has 1 unspecified atom stereocenters. The van der Waals surface area contributed by atoms with Crippen LogP contribution < -0.4 is 10.6 Å². The minimum Gasteiger partial charge on any atom is -0.395 e. The molecule has 0 amide bonds. The first-order valence-electron chi connectivity index (χ1n) is 3.86. The van der Waals surface area contributed by atoms with E-state index in [1.807, 2.05) is 6.92 Å². The molecule has 0 heterocycles. The fraction of sp³-hybridized carbons (Fsp3) is 1.00. The van der Waals surface area contributed by atoms with Gasteiger partial charge < -0.3 is 15.7 Å². The molecule has 3 N–H and O–H groups in total. The number of likely N-dealkylation sites (N-methyl/N-ethyl adjacent to an activating group) is 1. The van der Waals surface area contributed by atoms with E-state index in [9.17, 15) is 0 Å². The van der Waals surface area contributed by atoms with E-state index >= 15 is 0 Å². The predicted octanol–water partition coefficient (Wildman–Crippen LogP) is -0.434. The molecule has 0 rings (SSSR count). The van der Waals surface area contributed by atoms with Crippen LogP contribution in [0.4, 0.5) is 0 Å². The van der Waals surface area contributed by atoms with Crippen LogP contribution in [0, 0.1) is 0 Å². The first-order valence-corrected chi connectivity index (χ1v) is 3.86. The average Bonchev–Trinajstić information content (AvgIpc) is 1.98. The molecule has 0 saturated heterocycles. The van der Waals surface area contributed by atoms with Crippen LogP contribution in [0.15, 0.2) is 0 Å². The van der Waals surface area contributed by atoms with Gasteiger partial charge in [-0.05, 0) is 13.5 Å². The minimum atomic E-state index is 0.214. The summed E-state index contributed by atoms with van der Waals surface area (Å²) in [6, 6.07) is 0.221. The van der Waals surface area contributed by atoms with Crippen LogP contribution in [0.3, 0.4) is 0 Å². The molecule has 0 aromatic carbocycles. The molecule has 0 fully saturated rings. The third kappa shape index (κ3) is 6.01. The largest absolute Gasteiger partial charge is 0.395 e. The molecule has 10 heavy (non-hydrogen) atoms. The minimum absolute atomic E-state index is 0.214. The van der Waals surface area contributed by atoms with E-state index in [2.05, 4.69) is 17.6 Å². The van der Waals surface area contributed by atoms with Crippen molar-refractivity contribution in [1.29, 1.82) is 0 Å². The van der Waals surface area contributed by atoms with Gasteiger partial charge >= 0.3 is 0 Å². The summed E-state index contributed by atoms with van der Waals surface area (Å²) in [7, 11) is 0. The number of rotatable bonds is 6. The Labute approximate surface area is 62.8 Å². The Morgan fingerprint density at radius 1 is 1.40 bits per heavy atom. The summed E-state index contributed by atoms with van der Waals surface area (Å²) >= 11 is 0. The molecule has 0 saturated carbocycles. The van der Waals surface area contributed by atoms with Gasteiger partial charge in [0.05, 0.1) is 6.61 Å². The summed E-state index contributed by atoms with van der Waals surface area (Å²) in [5.41, 5.74) is 0. The van der Waals surface area contributed by atoms with E-state index in [0.717, 1.165) is 19.6 Å². The Balaban J connectivity index is 2.89. The summed E-state index contributed by atoms with van der Waals surface area (Å²) < 4.78 is 0. The first kappa shape index (κ1) is 9.88. The van der Waals surface area contributed by atoms with Gasteiger partial charge in [0, 0.05) is 19.1 Å². The number of hydrogen-bond acceptors (Lipinski definition) is 3. The number of nitrogens with one attached hydrogen (secondary N) is 2. The molecule has 0 aliphatic heterocycles. The molecular weight excluding hydrogens is 128 g/mol. The van der Waals surface area contributed by atoms with Crippen LogP contribution in [-0.4, -0.2) is 37.4 Å². The Morgan fingerprint density at radius 3 is 2.60 bits per heavy atom. The van der Waals surface area contributed by atoms with Crippen molar-refractivity contribution in [2.24, 2.45) is 0 Å². The maximum Gasteiger partial charge on any atom is 0.0581 e. The highest BCUT2D eigenvalue weighted by molar-refractivity contribution is 4.58. The third-order valence-electron chi connectivity index (χ3n) is 1.32. The summed E-state index contributed by atoms with van der Waals surface area (Å²) in [5.74, 6) is 0. The van der Waals surface area contributed by atoms with Crippen molar-refractivity contribution in [3.8, 4) is 0 Å². The number of hydrogen-bond donors (Lipinski definition) is 3. The molecular formula is C7H18N2O. The molecule has 3 nitrogen and oxygen atoms in total. The summed E-state index contributed by atoms with van der Waals surface area (Å²) in [6.45, 7) is 7.17. The van der Waals surface area contributed by atoms with Crippen LogP contribution in [0.25, 0.3) is 0 Å².